The van der Waals surface area contributed by atoms with E-state index in [0.29, 0.717) is 18.0 Å². The Kier molecular flexibility index (Phi) is 5.39. The summed E-state index contributed by atoms with van der Waals surface area (Å²) in [5.74, 6) is -0.189. The molecule has 0 radical (unpaired) electrons. The predicted molar refractivity (Wildman–Crippen MR) is 108 cm³/mol. The van der Waals surface area contributed by atoms with E-state index in [4.69, 9.17) is 4.52 Å². The molecule has 1 unspecified atom stereocenters. The molecule has 4 rings (SSSR count). The van der Waals surface area contributed by atoms with Gasteiger partial charge in [0.1, 0.15) is 0 Å². The van der Waals surface area contributed by atoms with Gasteiger partial charge in [0.25, 0.3) is 5.91 Å². The first-order valence-electron chi connectivity index (χ1n) is 9.60. The molecule has 0 aromatic heterocycles. The van der Waals surface area contributed by atoms with E-state index in [1.807, 2.05) is 18.2 Å². The quantitative estimate of drug-likeness (QED) is 0.755. The molecule has 2 aliphatic rings. The first-order chi connectivity index (χ1) is 13.5. The summed E-state index contributed by atoms with van der Waals surface area (Å²) in [6, 6.07) is 17.5. The third kappa shape index (κ3) is 3.78. The summed E-state index contributed by atoms with van der Waals surface area (Å²) < 4.78 is 18.7. The molecule has 0 spiro atoms. The minimum Gasteiger partial charge on any atom is -0.345 e. The Bertz CT molecular complexity index is 876. The molecule has 148 valence electrons. The molecule has 2 aromatic rings. The van der Waals surface area contributed by atoms with Gasteiger partial charge in [-0.25, -0.2) is 0 Å². The van der Waals surface area contributed by atoms with Crippen molar-refractivity contribution >= 4 is 18.8 Å². The van der Waals surface area contributed by atoms with Crippen LogP contribution in [0.1, 0.15) is 29.6 Å². The first-order valence-corrected chi connectivity index (χ1v) is 11.2. The third-order valence-electron chi connectivity index (χ3n) is 5.91. The number of nitrogens with zero attached hydrogens (tertiary/aromatic N) is 1. The Balaban J connectivity index is 1.57. The van der Waals surface area contributed by atoms with Crippen LogP contribution in [0.4, 0.5) is 0 Å². The van der Waals surface area contributed by atoms with Gasteiger partial charge >= 0.3 is 7.60 Å². The van der Waals surface area contributed by atoms with Crippen molar-refractivity contribution in [2.45, 2.75) is 43.5 Å². The van der Waals surface area contributed by atoms with Crippen LogP contribution in [0.5, 0.6) is 0 Å². The average molecular weight is 400 g/mol. The lowest BCUT2D eigenvalue weighted by Gasteiger charge is -2.43. The van der Waals surface area contributed by atoms with Crippen molar-refractivity contribution in [3.05, 3.63) is 66.2 Å². The van der Waals surface area contributed by atoms with Gasteiger partial charge in [0, 0.05) is 17.6 Å². The van der Waals surface area contributed by atoms with Crippen LogP contribution < -0.4 is 10.6 Å². The topological polar surface area (TPSA) is 78.9 Å². The van der Waals surface area contributed by atoms with Crippen LogP contribution in [-0.4, -0.2) is 47.0 Å². The van der Waals surface area contributed by atoms with Gasteiger partial charge in [-0.2, -0.15) is 0 Å². The molecule has 28 heavy (non-hydrogen) atoms. The summed E-state index contributed by atoms with van der Waals surface area (Å²) in [6.07, 6.45) is 2.03. The number of carbonyl (C=O) groups is 1. The van der Waals surface area contributed by atoms with Gasteiger partial charge in [-0.05, 0) is 50.6 Å². The Hall–Kier alpha value is -1.98. The van der Waals surface area contributed by atoms with Crippen LogP contribution in [0.3, 0.4) is 0 Å². The number of nitrogens with one attached hydrogen (secondary N) is 1. The Morgan fingerprint density at radius 2 is 1.75 bits per heavy atom. The maximum Gasteiger partial charge on any atom is 0.359 e. The second-order valence-electron chi connectivity index (χ2n) is 7.56. The van der Waals surface area contributed by atoms with Crippen molar-refractivity contribution in [1.82, 2.24) is 10.2 Å². The van der Waals surface area contributed by atoms with Crippen molar-refractivity contribution in [1.29, 1.82) is 0 Å². The molecule has 2 heterocycles. The lowest BCUT2D eigenvalue weighted by molar-refractivity contribution is 0.0250. The lowest BCUT2D eigenvalue weighted by Crippen LogP contribution is -2.60. The van der Waals surface area contributed by atoms with E-state index in [9.17, 15) is 14.3 Å². The highest BCUT2D eigenvalue weighted by Gasteiger charge is 2.48. The molecule has 6 nitrogen and oxygen atoms in total. The number of fused-ring (bicyclic) bond motifs is 2. The summed E-state index contributed by atoms with van der Waals surface area (Å²) in [5, 5.41) is 3.35. The van der Waals surface area contributed by atoms with Crippen molar-refractivity contribution in [2.24, 2.45) is 0 Å². The molecular formula is C21H25N2O4P. The fourth-order valence-corrected chi connectivity index (χ4v) is 5.66. The minimum absolute atomic E-state index is 0.0900. The van der Waals surface area contributed by atoms with Gasteiger partial charge in [-0.1, -0.05) is 36.4 Å². The second-order valence-corrected chi connectivity index (χ2v) is 9.33. The summed E-state index contributed by atoms with van der Waals surface area (Å²) >= 11 is 0. The van der Waals surface area contributed by atoms with E-state index < -0.39 is 13.7 Å². The second kappa shape index (κ2) is 7.80. The SMILES string of the molecule is CN1[C@H]2CC[C@@H]1[C@@H](NC(=O)c1ccccc1)[C@@H](OP(=O)(O)c1ccccc1)C2. The zero-order chi connectivity index (χ0) is 19.7. The van der Waals surface area contributed by atoms with Crippen LogP contribution in [0.25, 0.3) is 0 Å². The number of carbonyl (C=O) groups excluding carboxylic acids is 1. The van der Waals surface area contributed by atoms with Gasteiger partial charge in [0.15, 0.2) is 0 Å². The lowest BCUT2D eigenvalue weighted by atomic mass is 9.94. The third-order valence-corrected chi connectivity index (χ3v) is 7.42. The van der Waals surface area contributed by atoms with E-state index in [1.54, 1.807) is 42.5 Å². The normalized spacial score (nSPS) is 29.2. The summed E-state index contributed by atoms with van der Waals surface area (Å²) in [4.78, 5) is 25.6. The molecule has 2 saturated heterocycles. The predicted octanol–water partition coefficient (Wildman–Crippen LogP) is 2.55. The average Bonchev–Trinajstić information content (AvgIpc) is 2.96. The number of likely N-dealkylation sites (N-methyl/N-ethyl adjacent to an activating group) is 1. The first kappa shape index (κ1) is 19.3. The van der Waals surface area contributed by atoms with E-state index in [0.717, 1.165) is 12.8 Å². The van der Waals surface area contributed by atoms with Crippen LogP contribution in [0.15, 0.2) is 60.7 Å². The maximum absolute atomic E-state index is 12.9. The van der Waals surface area contributed by atoms with E-state index in [-0.39, 0.29) is 23.3 Å². The molecule has 1 amide bonds. The van der Waals surface area contributed by atoms with Gasteiger partial charge in [0.05, 0.1) is 17.5 Å². The fourth-order valence-electron chi connectivity index (χ4n) is 4.40. The Labute approximate surface area is 165 Å². The van der Waals surface area contributed by atoms with E-state index >= 15 is 0 Å². The number of hydrogen-bond donors (Lipinski definition) is 2. The van der Waals surface area contributed by atoms with Crippen molar-refractivity contribution in [3.63, 3.8) is 0 Å². The van der Waals surface area contributed by atoms with Gasteiger partial charge in [0.2, 0.25) is 0 Å². The van der Waals surface area contributed by atoms with E-state index in [2.05, 4.69) is 17.3 Å². The molecule has 2 aromatic carbocycles. The van der Waals surface area contributed by atoms with Crippen molar-refractivity contribution in [3.8, 4) is 0 Å². The molecule has 2 fully saturated rings. The van der Waals surface area contributed by atoms with Crippen LogP contribution >= 0.6 is 7.60 Å². The van der Waals surface area contributed by atoms with Crippen LogP contribution in [0.2, 0.25) is 0 Å². The van der Waals surface area contributed by atoms with Gasteiger partial charge in [-0.15, -0.1) is 0 Å². The number of hydrogen-bond acceptors (Lipinski definition) is 4. The van der Waals surface area contributed by atoms with Gasteiger partial charge < -0.3 is 10.2 Å². The highest BCUT2D eigenvalue weighted by atomic mass is 31.2. The van der Waals surface area contributed by atoms with Gasteiger partial charge in [-0.3, -0.25) is 18.8 Å². The molecular weight excluding hydrogens is 375 g/mol. The summed E-state index contributed by atoms with van der Waals surface area (Å²) in [7, 11) is -1.93. The number of amides is 1. The van der Waals surface area contributed by atoms with Crippen LogP contribution in [-0.2, 0) is 9.09 Å². The van der Waals surface area contributed by atoms with Crippen molar-refractivity contribution < 1.29 is 18.8 Å². The molecule has 2 N–H and O–H groups in total. The van der Waals surface area contributed by atoms with Crippen LogP contribution in [0, 0.1) is 0 Å². The Morgan fingerprint density at radius 1 is 1.11 bits per heavy atom. The molecule has 2 bridgehead atoms. The highest BCUT2D eigenvalue weighted by molar-refractivity contribution is 7.61. The molecule has 0 aliphatic carbocycles. The number of piperidine rings is 1. The number of benzene rings is 2. The standard InChI is InChI=1S/C21H25N2O4P/c1-23-16-12-13-18(23)20(22-21(24)15-8-4-2-5-9-15)19(14-16)27-28(25,26)17-10-6-3-7-11-17/h2-11,16,18-20H,12-14H2,1H3,(H,22,24)(H,25,26)/t16-,18+,19-,20+/m0/s1. The monoisotopic (exact) mass is 400 g/mol. The fraction of sp³-hybridized carbons (Fsp3) is 0.381. The maximum atomic E-state index is 12.9. The molecule has 0 saturated carbocycles. The Morgan fingerprint density at radius 3 is 2.43 bits per heavy atom. The summed E-state index contributed by atoms with van der Waals surface area (Å²) in [6.45, 7) is 0. The molecule has 5 atom stereocenters. The number of rotatable bonds is 5. The zero-order valence-electron chi connectivity index (χ0n) is 15.8. The molecule has 7 heteroatoms. The largest absolute Gasteiger partial charge is 0.359 e. The van der Waals surface area contributed by atoms with Crippen molar-refractivity contribution in [2.75, 3.05) is 7.05 Å². The van der Waals surface area contributed by atoms with E-state index in [1.165, 1.54) is 0 Å². The molecule has 2 aliphatic heterocycles. The minimum atomic E-state index is -3.98. The highest BCUT2D eigenvalue weighted by Crippen LogP contribution is 2.47. The smallest absolute Gasteiger partial charge is 0.345 e. The zero-order valence-corrected chi connectivity index (χ0v) is 16.7. The summed E-state index contributed by atoms with van der Waals surface area (Å²) in [5.41, 5.74) is 0.569.